The first kappa shape index (κ1) is 22.1. The van der Waals surface area contributed by atoms with Gasteiger partial charge in [0, 0.05) is 25.3 Å². The topological polar surface area (TPSA) is 71.0 Å². The number of ether oxygens (including phenoxy) is 2. The average molecular weight is 413 g/mol. The highest BCUT2D eigenvalue weighted by Gasteiger charge is 2.19. The smallest absolute Gasteiger partial charge is 0.260 e. The first-order valence-electron chi connectivity index (χ1n) is 10.6. The molecule has 2 aromatic carbocycles. The van der Waals surface area contributed by atoms with Crippen molar-refractivity contribution in [2.75, 3.05) is 37.7 Å². The summed E-state index contributed by atoms with van der Waals surface area (Å²) in [6.45, 7) is 9.24. The van der Waals surface area contributed by atoms with Crippen molar-refractivity contribution in [1.82, 2.24) is 5.32 Å². The van der Waals surface area contributed by atoms with Crippen molar-refractivity contribution in [3.05, 3.63) is 59.7 Å². The SMILES string of the molecule is CC(Oc1ccccc1C(C)C)C(=O)NCC(O)c1ccc(N2CCOCC2)cc1. The van der Waals surface area contributed by atoms with Gasteiger partial charge in [-0.1, -0.05) is 44.2 Å². The van der Waals surface area contributed by atoms with Crippen LogP contribution >= 0.6 is 0 Å². The Hall–Kier alpha value is -2.57. The van der Waals surface area contributed by atoms with Crippen molar-refractivity contribution in [2.24, 2.45) is 0 Å². The number of carbonyl (C=O) groups is 1. The summed E-state index contributed by atoms with van der Waals surface area (Å²) in [6, 6.07) is 15.6. The third-order valence-corrected chi connectivity index (χ3v) is 5.34. The molecular formula is C24H32N2O4. The average Bonchev–Trinajstić information content (AvgIpc) is 2.78. The van der Waals surface area contributed by atoms with Crippen LogP contribution in [0.15, 0.2) is 48.5 Å². The lowest BCUT2D eigenvalue weighted by molar-refractivity contribution is -0.127. The number of hydrogen-bond acceptors (Lipinski definition) is 5. The van der Waals surface area contributed by atoms with E-state index in [1.54, 1.807) is 6.92 Å². The Morgan fingerprint density at radius 1 is 1.10 bits per heavy atom. The van der Waals surface area contributed by atoms with E-state index in [1.807, 2.05) is 48.5 Å². The number of rotatable bonds is 8. The van der Waals surface area contributed by atoms with Gasteiger partial charge in [-0.2, -0.15) is 0 Å². The number of anilines is 1. The van der Waals surface area contributed by atoms with Crippen LogP contribution in [0.3, 0.4) is 0 Å². The molecule has 3 rings (SSSR count). The molecule has 1 aliphatic rings. The molecule has 1 heterocycles. The molecule has 0 aliphatic carbocycles. The van der Waals surface area contributed by atoms with Crippen molar-refractivity contribution in [2.45, 2.75) is 38.9 Å². The molecule has 6 nitrogen and oxygen atoms in total. The summed E-state index contributed by atoms with van der Waals surface area (Å²) >= 11 is 0. The molecule has 162 valence electrons. The molecule has 0 spiro atoms. The summed E-state index contributed by atoms with van der Waals surface area (Å²) in [5, 5.41) is 13.3. The number of aliphatic hydroxyl groups excluding tert-OH is 1. The fourth-order valence-corrected chi connectivity index (χ4v) is 3.50. The largest absolute Gasteiger partial charge is 0.481 e. The molecule has 1 amide bonds. The molecule has 0 aromatic heterocycles. The number of para-hydroxylation sites is 1. The summed E-state index contributed by atoms with van der Waals surface area (Å²) in [5.74, 6) is 0.769. The van der Waals surface area contributed by atoms with E-state index in [-0.39, 0.29) is 12.5 Å². The van der Waals surface area contributed by atoms with Crippen LogP contribution in [0, 0.1) is 0 Å². The van der Waals surface area contributed by atoms with E-state index in [9.17, 15) is 9.90 Å². The minimum absolute atomic E-state index is 0.134. The Bertz CT molecular complexity index is 816. The lowest BCUT2D eigenvalue weighted by Gasteiger charge is -2.29. The lowest BCUT2D eigenvalue weighted by atomic mass is 10.0. The number of carbonyl (C=O) groups excluding carboxylic acids is 1. The molecule has 0 bridgehead atoms. The number of benzene rings is 2. The van der Waals surface area contributed by atoms with E-state index in [4.69, 9.17) is 9.47 Å². The van der Waals surface area contributed by atoms with Gasteiger partial charge in [0.25, 0.3) is 5.91 Å². The van der Waals surface area contributed by atoms with Crippen molar-refractivity contribution in [3.8, 4) is 5.75 Å². The Morgan fingerprint density at radius 2 is 1.77 bits per heavy atom. The normalized spacial score (nSPS) is 16.2. The van der Waals surface area contributed by atoms with E-state index in [2.05, 4.69) is 24.1 Å². The summed E-state index contributed by atoms with van der Waals surface area (Å²) in [7, 11) is 0. The number of aliphatic hydroxyl groups is 1. The van der Waals surface area contributed by atoms with Crippen LogP contribution in [0.1, 0.15) is 43.9 Å². The molecule has 0 radical (unpaired) electrons. The second-order valence-electron chi connectivity index (χ2n) is 7.90. The number of nitrogens with one attached hydrogen (secondary N) is 1. The number of nitrogens with zero attached hydrogens (tertiary/aromatic N) is 1. The monoisotopic (exact) mass is 412 g/mol. The van der Waals surface area contributed by atoms with Crippen LogP contribution in [0.25, 0.3) is 0 Å². The molecule has 1 fully saturated rings. The van der Waals surface area contributed by atoms with E-state index < -0.39 is 12.2 Å². The maximum absolute atomic E-state index is 12.5. The summed E-state index contributed by atoms with van der Waals surface area (Å²) in [6.07, 6.45) is -1.43. The first-order chi connectivity index (χ1) is 14.5. The highest BCUT2D eigenvalue weighted by Crippen LogP contribution is 2.26. The molecule has 1 aliphatic heterocycles. The zero-order valence-corrected chi connectivity index (χ0v) is 18.0. The summed E-state index contributed by atoms with van der Waals surface area (Å²) in [5.41, 5.74) is 2.95. The highest BCUT2D eigenvalue weighted by molar-refractivity contribution is 5.80. The zero-order chi connectivity index (χ0) is 21.5. The Morgan fingerprint density at radius 3 is 2.43 bits per heavy atom. The second-order valence-corrected chi connectivity index (χ2v) is 7.90. The molecule has 2 unspecified atom stereocenters. The van der Waals surface area contributed by atoms with Crippen LogP contribution in [-0.2, 0) is 9.53 Å². The summed E-state index contributed by atoms with van der Waals surface area (Å²) in [4.78, 5) is 14.7. The van der Waals surface area contributed by atoms with E-state index >= 15 is 0 Å². The maximum Gasteiger partial charge on any atom is 0.260 e. The molecule has 30 heavy (non-hydrogen) atoms. The van der Waals surface area contributed by atoms with Gasteiger partial charge in [0.2, 0.25) is 0 Å². The van der Waals surface area contributed by atoms with E-state index in [0.717, 1.165) is 48.9 Å². The van der Waals surface area contributed by atoms with Crippen LogP contribution in [0.5, 0.6) is 5.75 Å². The van der Waals surface area contributed by atoms with Crippen molar-refractivity contribution < 1.29 is 19.4 Å². The number of morpholine rings is 1. The van der Waals surface area contributed by atoms with Crippen molar-refractivity contribution in [1.29, 1.82) is 0 Å². The Balaban J connectivity index is 1.51. The fraction of sp³-hybridized carbons (Fsp3) is 0.458. The summed E-state index contributed by atoms with van der Waals surface area (Å²) < 4.78 is 11.3. The minimum atomic E-state index is -0.775. The van der Waals surface area contributed by atoms with Gasteiger partial charge in [-0.3, -0.25) is 4.79 Å². The standard InChI is InChI=1S/C24H32N2O4/c1-17(2)21-6-4-5-7-23(21)30-18(3)24(28)25-16-22(27)19-8-10-20(11-9-19)26-12-14-29-15-13-26/h4-11,17-18,22,27H,12-16H2,1-3H3,(H,25,28). The zero-order valence-electron chi connectivity index (χ0n) is 18.0. The predicted octanol–water partition coefficient (Wildman–Crippen LogP) is 3.26. The molecule has 2 atom stereocenters. The molecule has 2 N–H and O–H groups in total. The Labute approximate surface area is 178 Å². The van der Waals surface area contributed by atoms with Crippen LogP contribution < -0.4 is 15.0 Å². The van der Waals surface area contributed by atoms with Crippen LogP contribution in [-0.4, -0.2) is 50.0 Å². The van der Waals surface area contributed by atoms with Gasteiger partial charge in [0.1, 0.15) is 5.75 Å². The van der Waals surface area contributed by atoms with Gasteiger partial charge in [-0.05, 0) is 42.2 Å². The minimum Gasteiger partial charge on any atom is -0.481 e. The molecule has 2 aromatic rings. The van der Waals surface area contributed by atoms with Gasteiger partial charge < -0.3 is 24.8 Å². The van der Waals surface area contributed by atoms with Gasteiger partial charge in [-0.25, -0.2) is 0 Å². The van der Waals surface area contributed by atoms with Crippen LogP contribution in [0.4, 0.5) is 5.69 Å². The molecular weight excluding hydrogens is 380 g/mol. The van der Waals surface area contributed by atoms with E-state index in [1.165, 1.54) is 0 Å². The highest BCUT2D eigenvalue weighted by atomic mass is 16.5. The van der Waals surface area contributed by atoms with Gasteiger partial charge >= 0.3 is 0 Å². The van der Waals surface area contributed by atoms with Gasteiger partial charge in [0.05, 0.1) is 19.3 Å². The first-order valence-corrected chi connectivity index (χ1v) is 10.6. The van der Waals surface area contributed by atoms with E-state index in [0.29, 0.717) is 5.92 Å². The quantitative estimate of drug-likeness (QED) is 0.696. The van der Waals surface area contributed by atoms with Crippen molar-refractivity contribution in [3.63, 3.8) is 0 Å². The van der Waals surface area contributed by atoms with Gasteiger partial charge in [-0.15, -0.1) is 0 Å². The third-order valence-electron chi connectivity index (χ3n) is 5.34. The molecule has 6 heteroatoms. The second kappa shape index (κ2) is 10.5. The lowest BCUT2D eigenvalue weighted by Crippen LogP contribution is -2.38. The Kier molecular flexibility index (Phi) is 7.71. The van der Waals surface area contributed by atoms with Crippen molar-refractivity contribution >= 4 is 11.6 Å². The predicted molar refractivity (Wildman–Crippen MR) is 118 cm³/mol. The maximum atomic E-state index is 12.5. The third kappa shape index (κ3) is 5.74. The van der Waals surface area contributed by atoms with Gasteiger partial charge in [0.15, 0.2) is 6.10 Å². The molecule has 1 saturated heterocycles. The molecule has 0 saturated carbocycles. The number of hydrogen-bond donors (Lipinski definition) is 2. The number of amides is 1. The fourth-order valence-electron chi connectivity index (χ4n) is 3.50. The van der Waals surface area contributed by atoms with Crippen LogP contribution in [0.2, 0.25) is 0 Å².